The molecule has 0 atom stereocenters. The quantitative estimate of drug-likeness (QED) is 0.555. The predicted octanol–water partition coefficient (Wildman–Crippen LogP) is 5.73. The molecule has 0 radical (unpaired) electrons. The normalized spacial score (nSPS) is 17.6. The van der Waals surface area contributed by atoms with Crippen LogP contribution in [-0.2, 0) is 19.4 Å². The van der Waals surface area contributed by atoms with Gasteiger partial charge in [0.25, 0.3) is 0 Å². The van der Waals surface area contributed by atoms with Crippen LogP contribution in [0.2, 0.25) is 0 Å². The van der Waals surface area contributed by atoms with Crippen LogP contribution < -0.4 is 0 Å². The van der Waals surface area contributed by atoms with Crippen molar-refractivity contribution in [2.24, 2.45) is 5.41 Å². The van der Waals surface area contributed by atoms with E-state index in [9.17, 15) is 0 Å². The summed E-state index contributed by atoms with van der Waals surface area (Å²) < 4.78 is 1.40. The molecule has 0 aromatic rings. The van der Waals surface area contributed by atoms with E-state index in [2.05, 4.69) is 32.1 Å². The number of hydrogen-bond donors (Lipinski definition) is 0. The van der Waals surface area contributed by atoms with Gasteiger partial charge in [-0.05, 0) is 0 Å². The predicted molar refractivity (Wildman–Crippen MR) is 70.4 cm³/mol. The third-order valence-corrected chi connectivity index (χ3v) is 8.41. The third-order valence-electron chi connectivity index (χ3n) is 3.37. The molecule has 0 amide bonds. The van der Waals surface area contributed by atoms with Crippen LogP contribution in [0, 0.1) is 5.41 Å². The molecule has 3 heteroatoms. The van der Waals surface area contributed by atoms with Gasteiger partial charge in [-0.2, -0.15) is 0 Å². The minimum atomic E-state index is -2.24. The zero-order chi connectivity index (χ0) is 12.0. The number of unbranched alkanes of at least 4 members (excludes halogenated alkanes) is 2. The van der Waals surface area contributed by atoms with Gasteiger partial charge in [0.1, 0.15) is 0 Å². The summed E-state index contributed by atoms with van der Waals surface area (Å²) in [5.41, 5.74) is 0.240. The number of allylic oxidation sites excluding steroid dienone is 4. The Labute approximate surface area is 115 Å². The van der Waals surface area contributed by atoms with Crippen LogP contribution in [0.4, 0.5) is 0 Å². The van der Waals surface area contributed by atoms with Crippen molar-refractivity contribution in [1.82, 2.24) is 0 Å². The Bertz CT molecular complexity index is 261. The van der Waals surface area contributed by atoms with Crippen LogP contribution in [0.3, 0.4) is 0 Å². The van der Waals surface area contributed by atoms with Gasteiger partial charge in [0.2, 0.25) is 0 Å². The summed E-state index contributed by atoms with van der Waals surface area (Å²) in [5, 5.41) is 0. The fourth-order valence-electron chi connectivity index (χ4n) is 2.38. The van der Waals surface area contributed by atoms with E-state index in [4.69, 9.17) is 17.0 Å². The van der Waals surface area contributed by atoms with E-state index in [0.29, 0.717) is 0 Å². The van der Waals surface area contributed by atoms with E-state index in [1.165, 1.54) is 41.8 Å². The zero-order valence-electron chi connectivity index (χ0n) is 10.2. The summed E-state index contributed by atoms with van der Waals surface area (Å²) in [5.74, 6) is 0. The van der Waals surface area contributed by atoms with Crippen molar-refractivity contribution < 1.29 is 19.4 Å². The van der Waals surface area contributed by atoms with Crippen molar-refractivity contribution in [1.29, 1.82) is 0 Å². The Balaban J connectivity index is 2.77. The van der Waals surface area contributed by atoms with Crippen LogP contribution in [0.5, 0.6) is 0 Å². The minimum absolute atomic E-state index is 0.240. The number of rotatable bonds is 7. The fourth-order valence-corrected chi connectivity index (χ4v) is 7.64. The van der Waals surface area contributed by atoms with Crippen molar-refractivity contribution in [3.05, 3.63) is 21.5 Å². The van der Waals surface area contributed by atoms with Gasteiger partial charge in [-0.1, -0.05) is 0 Å². The van der Waals surface area contributed by atoms with E-state index >= 15 is 0 Å². The molecule has 0 aromatic carbocycles. The molecule has 0 aromatic heterocycles. The fraction of sp³-hybridized carbons (Fsp3) is 0.692. The zero-order valence-corrected chi connectivity index (χ0v) is 14.2. The summed E-state index contributed by atoms with van der Waals surface area (Å²) >= 11 is -2.24. The SMILES string of the molecule is CCCCC1(CCCC)C=CC=[C]1[Zr]([Cl])[Cl]. The number of hydrogen-bond acceptors (Lipinski definition) is 0. The van der Waals surface area contributed by atoms with Gasteiger partial charge < -0.3 is 0 Å². The maximum atomic E-state index is 6.28. The van der Waals surface area contributed by atoms with Gasteiger partial charge in [0.05, 0.1) is 0 Å². The van der Waals surface area contributed by atoms with E-state index in [0.717, 1.165) is 0 Å². The van der Waals surface area contributed by atoms with Gasteiger partial charge in [0.15, 0.2) is 0 Å². The molecule has 0 unspecified atom stereocenters. The number of halogens is 2. The molecule has 0 fully saturated rings. The van der Waals surface area contributed by atoms with E-state index in [1.54, 1.807) is 0 Å². The molecule has 0 aliphatic heterocycles. The van der Waals surface area contributed by atoms with Crippen molar-refractivity contribution in [3.63, 3.8) is 0 Å². The molecule has 1 aliphatic rings. The van der Waals surface area contributed by atoms with Gasteiger partial charge >= 0.3 is 116 Å². The molecule has 0 nitrogen and oxygen atoms in total. The molecule has 0 saturated carbocycles. The first-order valence-electron chi connectivity index (χ1n) is 6.24. The van der Waals surface area contributed by atoms with Crippen molar-refractivity contribution in [2.45, 2.75) is 52.4 Å². The second kappa shape index (κ2) is 7.39. The summed E-state index contributed by atoms with van der Waals surface area (Å²) in [7, 11) is 12.6. The van der Waals surface area contributed by atoms with Crippen LogP contribution in [0.25, 0.3) is 0 Å². The molecule has 0 bridgehead atoms. The first-order valence-corrected chi connectivity index (χ1v) is 13.8. The molecular formula is C13H21Cl2Zr. The second-order valence-electron chi connectivity index (χ2n) is 4.56. The van der Waals surface area contributed by atoms with Gasteiger partial charge in [-0.15, -0.1) is 0 Å². The van der Waals surface area contributed by atoms with Crippen molar-refractivity contribution in [3.8, 4) is 0 Å². The van der Waals surface area contributed by atoms with Gasteiger partial charge in [-0.3, -0.25) is 0 Å². The van der Waals surface area contributed by atoms with Crippen LogP contribution >= 0.6 is 17.0 Å². The molecule has 0 heterocycles. The average Bonchev–Trinajstić information content (AvgIpc) is 2.68. The van der Waals surface area contributed by atoms with Gasteiger partial charge in [0, 0.05) is 0 Å². The van der Waals surface area contributed by atoms with E-state index in [1.807, 2.05) is 0 Å². The van der Waals surface area contributed by atoms with E-state index < -0.39 is 19.4 Å². The average molecular weight is 339 g/mol. The second-order valence-corrected chi connectivity index (χ2v) is 12.8. The van der Waals surface area contributed by atoms with Gasteiger partial charge in [-0.25, -0.2) is 0 Å². The monoisotopic (exact) mass is 337 g/mol. The van der Waals surface area contributed by atoms with Crippen LogP contribution in [0.15, 0.2) is 21.5 Å². The molecule has 1 aliphatic carbocycles. The molecular weight excluding hydrogens is 318 g/mol. The van der Waals surface area contributed by atoms with Crippen LogP contribution in [0.1, 0.15) is 52.4 Å². The molecule has 0 spiro atoms. The Morgan fingerprint density at radius 1 is 1.12 bits per heavy atom. The van der Waals surface area contributed by atoms with E-state index in [-0.39, 0.29) is 5.41 Å². The van der Waals surface area contributed by atoms with Crippen molar-refractivity contribution in [2.75, 3.05) is 0 Å². The molecule has 0 N–H and O–H groups in total. The Morgan fingerprint density at radius 3 is 2.12 bits per heavy atom. The molecule has 16 heavy (non-hydrogen) atoms. The first-order chi connectivity index (χ1) is 7.66. The molecule has 91 valence electrons. The first kappa shape index (κ1) is 15.0. The Hall–Kier alpha value is 0.943. The third kappa shape index (κ3) is 3.72. The molecule has 0 saturated heterocycles. The standard InChI is InChI=1S/C13H21.2ClH.Zr/c1-3-5-9-13(10-6-4-2)11-7-8-12-13;;;/h7-8,11H,3-6,9-10H2,1-2H3;2*1H;/q;;;+2/p-2. The topological polar surface area (TPSA) is 0 Å². The summed E-state index contributed by atoms with van der Waals surface area (Å²) in [6, 6.07) is 0. The maximum absolute atomic E-state index is 6.28. The summed E-state index contributed by atoms with van der Waals surface area (Å²) in [6.07, 6.45) is 14.2. The summed E-state index contributed by atoms with van der Waals surface area (Å²) in [6.45, 7) is 4.49. The summed E-state index contributed by atoms with van der Waals surface area (Å²) in [4.78, 5) is 0. The van der Waals surface area contributed by atoms with Crippen molar-refractivity contribution >= 4 is 17.0 Å². The van der Waals surface area contributed by atoms with Crippen LogP contribution in [-0.4, -0.2) is 0 Å². The Morgan fingerprint density at radius 2 is 1.69 bits per heavy atom. The molecule has 1 rings (SSSR count). The Kier molecular flexibility index (Phi) is 6.93.